The zero-order valence-corrected chi connectivity index (χ0v) is 29.5. The van der Waals surface area contributed by atoms with Crippen LogP contribution in [-0.2, 0) is 0 Å². The lowest BCUT2D eigenvalue weighted by Gasteiger charge is -2.13. The number of hydrogen-bond donors (Lipinski definition) is 0. The van der Waals surface area contributed by atoms with Gasteiger partial charge in [-0.3, -0.25) is 0 Å². The molecule has 0 radical (unpaired) electrons. The van der Waals surface area contributed by atoms with Crippen LogP contribution in [0.5, 0.6) is 0 Å². The molecule has 0 amide bonds. The Morgan fingerprint density at radius 2 is 0.873 bits per heavy atom. The van der Waals surface area contributed by atoms with Crippen LogP contribution in [0.15, 0.2) is 176 Å². The van der Waals surface area contributed by atoms with Crippen LogP contribution >= 0.6 is 0 Å². The van der Waals surface area contributed by atoms with Gasteiger partial charge in [-0.1, -0.05) is 103 Å². The summed E-state index contributed by atoms with van der Waals surface area (Å²) in [6.45, 7) is 0. The summed E-state index contributed by atoms with van der Waals surface area (Å²) in [7, 11) is 0. The van der Waals surface area contributed by atoms with Crippen LogP contribution in [0, 0.1) is 22.7 Å². The van der Waals surface area contributed by atoms with Crippen LogP contribution in [0.25, 0.3) is 93.6 Å². The fraction of sp³-hybridized carbons (Fsp3) is 0. The second kappa shape index (κ2) is 11.8. The van der Waals surface area contributed by atoms with Crippen molar-refractivity contribution in [2.45, 2.75) is 0 Å². The topological polar surface area (TPSA) is 62.4 Å². The SMILES string of the molecule is N#Cc1ccc2c3ccccc3n(-c3ccc(-c4ccc(-n5c6ccccc6c6c(-n7c8ccccc8c8ccccc87)cccc65)cc4)cc3C#N)c2c1. The van der Waals surface area contributed by atoms with Crippen molar-refractivity contribution < 1.29 is 0 Å². The molecule has 0 aliphatic heterocycles. The highest BCUT2D eigenvalue weighted by atomic mass is 15.0. The van der Waals surface area contributed by atoms with Gasteiger partial charge >= 0.3 is 0 Å². The number of benzene rings is 8. The van der Waals surface area contributed by atoms with Gasteiger partial charge in [-0.15, -0.1) is 0 Å². The summed E-state index contributed by atoms with van der Waals surface area (Å²) in [6, 6.07) is 66.0. The molecule has 5 nitrogen and oxygen atoms in total. The summed E-state index contributed by atoms with van der Waals surface area (Å²) < 4.78 is 6.87. The standard InChI is InChI=1S/C50H29N5/c51-30-32-20-26-40-39-12-3-5-14-43(39)54(49(40)28-32)42-27-23-34(29-35(42)31-52)33-21-24-36(25-22-33)53-46-17-8-4-13-41(46)50-47(53)18-9-19-48(50)55-44-15-6-1-10-37(44)38-11-2-7-16-45(38)55/h1-29H. The van der Waals surface area contributed by atoms with Crippen molar-refractivity contribution in [3.8, 4) is 40.3 Å². The summed E-state index contributed by atoms with van der Waals surface area (Å²) in [5.41, 5.74) is 12.7. The minimum absolute atomic E-state index is 0.562. The molecule has 254 valence electrons. The number of nitriles is 2. The van der Waals surface area contributed by atoms with E-state index >= 15 is 0 Å². The van der Waals surface area contributed by atoms with Crippen LogP contribution in [0.2, 0.25) is 0 Å². The lowest BCUT2D eigenvalue weighted by Crippen LogP contribution is -1.98. The fourth-order valence-corrected chi connectivity index (χ4v) is 8.75. The number of fused-ring (bicyclic) bond motifs is 9. The monoisotopic (exact) mass is 699 g/mol. The summed E-state index contributed by atoms with van der Waals surface area (Å²) in [5, 5.41) is 27.2. The summed E-state index contributed by atoms with van der Waals surface area (Å²) >= 11 is 0. The fourth-order valence-electron chi connectivity index (χ4n) is 8.75. The van der Waals surface area contributed by atoms with Crippen molar-refractivity contribution in [2.24, 2.45) is 0 Å². The van der Waals surface area contributed by atoms with Gasteiger partial charge in [-0.2, -0.15) is 10.5 Å². The van der Waals surface area contributed by atoms with Gasteiger partial charge in [0.2, 0.25) is 0 Å². The smallest absolute Gasteiger partial charge is 0.101 e. The van der Waals surface area contributed by atoms with Gasteiger partial charge in [0.25, 0.3) is 0 Å². The quantitative estimate of drug-likeness (QED) is 0.184. The minimum Gasteiger partial charge on any atom is -0.309 e. The van der Waals surface area contributed by atoms with E-state index in [1.807, 2.05) is 42.5 Å². The van der Waals surface area contributed by atoms with Crippen LogP contribution in [0.1, 0.15) is 11.1 Å². The van der Waals surface area contributed by atoms with Gasteiger partial charge in [0.1, 0.15) is 6.07 Å². The summed E-state index contributed by atoms with van der Waals surface area (Å²) in [5.74, 6) is 0. The second-order valence-corrected chi connectivity index (χ2v) is 14.0. The van der Waals surface area contributed by atoms with Crippen molar-refractivity contribution in [1.82, 2.24) is 13.7 Å². The van der Waals surface area contributed by atoms with Gasteiger partial charge < -0.3 is 13.7 Å². The van der Waals surface area contributed by atoms with Crippen molar-refractivity contribution >= 4 is 65.4 Å². The first-order valence-corrected chi connectivity index (χ1v) is 18.3. The zero-order valence-electron chi connectivity index (χ0n) is 29.5. The average molecular weight is 700 g/mol. The lowest BCUT2D eigenvalue weighted by atomic mass is 10.0. The highest BCUT2D eigenvalue weighted by molar-refractivity contribution is 6.16. The van der Waals surface area contributed by atoms with Gasteiger partial charge in [0.05, 0.1) is 61.7 Å². The Hall–Kier alpha value is -7.86. The zero-order chi connectivity index (χ0) is 36.6. The predicted molar refractivity (Wildman–Crippen MR) is 224 cm³/mol. The molecule has 0 atom stereocenters. The Balaban J connectivity index is 1.05. The van der Waals surface area contributed by atoms with Gasteiger partial charge in [-0.05, 0) is 83.9 Å². The van der Waals surface area contributed by atoms with Gasteiger partial charge in [-0.25, -0.2) is 0 Å². The maximum Gasteiger partial charge on any atom is 0.101 e. The van der Waals surface area contributed by atoms with E-state index in [9.17, 15) is 10.5 Å². The molecule has 0 unspecified atom stereocenters. The average Bonchev–Trinajstić information content (AvgIpc) is 3.89. The normalized spacial score (nSPS) is 11.6. The molecule has 3 heterocycles. The van der Waals surface area contributed by atoms with Crippen LogP contribution in [0.3, 0.4) is 0 Å². The van der Waals surface area contributed by atoms with Crippen LogP contribution < -0.4 is 0 Å². The number of hydrogen-bond acceptors (Lipinski definition) is 2. The number of para-hydroxylation sites is 4. The second-order valence-electron chi connectivity index (χ2n) is 14.0. The molecule has 0 bridgehead atoms. The molecule has 11 aromatic rings. The summed E-state index contributed by atoms with van der Waals surface area (Å²) in [4.78, 5) is 0. The van der Waals surface area contributed by atoms with E-state index < -0.39 is 0 Å². The molecule has 11 rings (SSSR count). The third-order valence-electron chi connectivity index (χ3n) is 11.1. The Kier molecular flexibility index (Phi) is 6.61. The number of rotatable bonds is 4. The molecule has 0 aliphatic carbocycles. The maximum absolute atomic E-state index is 10.5. The molecule has 55 heavy (non-hydrogen) atoms. The molecular formula is C50H29N5. The van der Waals surface area contributed by atoms with Crippen molar-refractivity contribution in [3.63, 3.8) is 0 Å². The molecule has 0 fully saturated rings. The number of nitrogens with zero attached hydrogens (tertiary/aromatic N) is 5. The molecule has 8 aromatic carbocycles. The molecule has 0 saturated heterocycles. The van der Waals surface area contributed by atoms with Crippen molar-refractivity contribution in [1.29, 1.82) is 10.5 Å². The largest absolute Gasteiger partial charge is 0.309 e. The Morgan fingerprint density at radius 1 is 0.345 bits per heavy atom. The Labute approximate surface area is 316 Å². The maximum atomic E-state index is 10.5. The van der Waals surface area contributed by atoms with E-state index in [0.717, 1.165) is 61.0 Å². The highest BCUT2D eigenvalue weighted by Gasteiger charge is 2.20. The van der Waals surface area contributed by atoms with Gasteiger partial charge in [0, 0.05) is 38.0 Å². The molecule has 0 saturated carbocycles. The molecule has 5 heteroatoms. The summed E-state index contributed by atoms with van der Waals surface area (Å²) in [6.07, 6.45) is 0. The predicted octanol–water partition coefficient (Wildman–Crippen LogP) is 12.4. The third kappa shape index (κ3) is 4.45. The van der Waals surface area contributed by atoms with E-state index in [1.165, 1.54) is 32.6 Å². The van der Waals surface area contributed by atoms with E-state index in [2.05, 4.69) is 159 Å². The Bertz CT molecular complexity index is 3400. The van der Waals surface area contributed by atoms with E-state index in [0.29, 0.717) is 11.1 Å². The van der Waals surface area contributed by atoms with Crippen LogP contribution in [0.4, 0.5) is 0 Å². The molecule has 0 aliphatic rings. The first-order chi connectivity index (χ1) is 27.2. The van der Waals surface area contributed by atoms with E-state index in [1.54, 1.807) is 0 Å². The molecule has 0 N–H and O–H groups in total. The number of aromatic nitrogens is 3. The van der Waals surface area contributed by atoms with E-state index in [-0.39, 0.29) is 0 Å². The first-order valence-electron chi connectivity index (χ1n) is 18.3. The van der Waals surface area contributed by atoms with E-state index in [4.69, 9.17) is 0 Å². The first kappa shape index (κ1) is 30.7. The lowest BCUT2D eigenvalue weighted by molar-refractivity contribution is 1.16. The van der Waals surface area contributed by atoms with Gasteiger partial charge in [0.15, 0.2) is 0 Å². The van der Waals surface area contributed by atoms with Crippen LogP contribution in [-0.4, -0.2) is 13.7 Å². The molecule has 0 spiro atoms. The molecular weight excluding hydrogens is 671 g/mol. The Morgan fingerprint density at radius 3 is 1.49 bits per heavy atom. The highest BCUT2D eigenvalue weighted by Crippen LogP contribution is 2.40. The molecule has 3 aromatic heterocycles. The van der Waals surface area contributed by atoms with Crippen molar-refractivity contribution in [2.75, 3.05) is 0 Å². The minimum atomic E-state index is 0.562. The van der Waals surface area contributed by atoms with Crippen molar-refractivity contribution in [3.05, 3.63) is 187 Å². The third-order valence-corrected chi connectivity index (χ3v) is 11.1.